The predicted octanol–water partition coefficient (Wildman–Crippen LogP) is 3.45. The van der Waals surface area contributed by atoms with Crippen LogP contribution >= 0.6 is 0 Å². The maximum Gasteiger partial charge on any atom is 0.412 e. The molecule has 124 valence electrons. The van der Waals surface area contributed by atoms with Crippen LogP contribution in [-0.2, 0) is 14.2 Å². The summed E-state index contributed by atoms with van der Waals surface area (Å²) in [6.45, 7) is 7.43. The Morgan fingerprint density at radius 1 is 1.05 bits per heavy atom. The SMILES string of the molecule is COC(OC)C(C)Nc1ccc(NC(=O)OC(C)(C)C)cc1. The summed E-state index contributed by atoms with van der Waals surface area (Å²) in [4.78, 5) is 11.7. The quantitative estimate of drug-likeness (QED) is 0.788. The number of hydrogen-bond donors (Lipinski definition) is 2. The fourth-order valence-corrected chi connectivity index (χ4v) is 1.91. The first-order valence-corrected chi connectivity index (χ1v) is 7.17. The minimum absolute atomic E-state index is 0.0142. The monoisotopic (exact) mass is 310 g/mol. The maximum atomic E-state index is 11.7. The lowest BCUT2D eigenvalue weighted by molar-refractivity contribution is -0.109. The highest BCUT2D eigenvalue weighted by molar-refractivity contribution is 5.85. The van der Waals surface area contributed by atoms with Crippen molar-refractivity contribution in [2.45, 2.75) is 45.6 Å². The van der Waals surface area contributed by atoms with Gasteiger partial charge in [-0.05, 0) is 52.0 Å². The first-order valence-electron chi connectivity index (χ1n) is 7.17. The zero-order chi connectivity index (χ0) is 16.8. The molecule has 1 unspecified atom stereocenters. The summed E-state index contributed by atoms with van der Waals surface area (Å²) in [6, 6.07) is 7.32. The van der Waals surface area contributed by atoms with Crippen LogP contribution in [0.25, 0.3) is 0 Å². The fourth-order valence-electron chi connectivity index (χ4n) is 1.91. The second kappa shape index (κ2) is 8.00. The molecule has 1 amide bonds. The lowest BCUT2D eigenvalue weighted by Gasteiger charge is -2.23. The molecule has 0 radical (unpaired) electrons. The standard InChI is InChI=1S/C16H26N2O4/c1-11(14(20-5)21-6)17-12-7-9-13(10-8-12)18-15(19)22-16(2,3)4/h7-11,14,17H,1-6H3,(H,18,19). The molecule has 1 rings (SSSR count). The van der Waals surface area contributed by atoms with E-state index in [1.165, 1.54) is 0 Å². The Morgan fingerprint density at radius 3 is 2.00 bits per heavy atom. The van der Waals surface area contributed by atoms with Crippen LogP contribution in [0.2, 0.25) is 0 Å². The molecule has 0 saturated carbocycles. The molecule has 0 spiro atoms. The van der Waals surface area contributed by atoms with E-state index in [2.05, 4.69) is 10.6 Å². The van der Waals surface area contributed by atoms with Crippen LogP contribution in [-0.4, -0.2) is 38.2 Å². The minimum Gasteiger partial charge on any atom is -0.444 e. The number of ether oxygens (including phenoxy) is 3. The Morgan fingerprint density at radius 2 is 1.55 bits per heavy atom. The second-order valence-corrected chi connectivity index (χ2v) is 5.98. The van der Waals surface area contributed by atoms with Gasteiger partial charge in [0.15, 0.2) is 6.29 Å². The van der Waals surface area contributed by atoms with Gasteiger partial charge in [-0.1, -0.05) is 0 Å². The van der Waals surface area contributed by atoms with Crippen molar-refractivity contribution in [3.05, 3.63) is 24.3 Å². The van der Waals surface area contributed by atoms with Crippen molar-refractivity contribution in [3.63, 3.8) is 0 Å². The molecule has 1 atom stereocenters. The van der Waals surface area contributed by atoms with Crippen molar-refractivity contribution in [1.29, 1.82) is 0 Å². The first kappa shape index (κ1) is 18.3. The van der Waals surface area contributed by atoms with Gasteiger partial charge < -0.3 is 19.5 Å². The third-order valence-electron chi connectivity index (χ3n) is 2.80. The lowest BCUT2D eigenvalue weighted by Crippen LogP contribution is -2.33. The van der Waals surface area contributed by atoms with E-state index in [1.54, 1.807) is 26.4 Å². The van der Waals surface area contributed by atoms with Crippen molar-refractivity contribution >= 4 is 17.5 Å². The van der Waals surface area contributed by atoms with Crippen molar-refractivity contribution in [1.82, 2.24) is 0 Å². The normalized spacial score (nSPS) is 12.9. The van der Waals surface area contributed by atoms with Crippen LogP contribution in [0.4, 0.5) is 16.2 Å². The first-order chi connectivity index (χ1) is 10.2. The number of methoxy groups -OCH3 is 2. The van der Waals surface area contributed by atoms with Crippen LogP contribution in [0.3, 0.4) is 0 Å². The van der Waals surface area contributed by atoms with Crippen LogP contribution in [0, 0.1) is 0 Å². The molecule has 0 aliphatic heterocycles. The number of rotatable bonds is 6. The number of amides is 1. The Labute approximate surface area is 132 Å². The Balaban J connectivity index is 2.58. The van der Waals surface area contributed by atoms with E-state index in [0.29, 0.717) is 5.69 Å². The average molecular weight is 310 g/mol. The molecule has 6 nitrogen and oxygen atoms in total. The molecule has 22 heavy (non-hydrogen) atoms. The smallest absolute Gasteiger partial charge is 0.412 e. The van der Waals surface area contributed by atoms with Gasteiger partial charge >= 0.3 is 6.09 Å². The number of hydrogen-bond acceptors (Lipinski definition) is 5. The van der Waals surface area contributed by atoms with Crippen molar-refractivity contribution < 1.29 is 19.0 Å². The zero-order valence-corrected chi connectivity index (χ0v) is 14.1. The largest absolute Gasteiger partial charge is 0.444 e. The van der Waals surface area contributed by atoms with E-state index in [4.69, 9.17) is 14.2 Å². The third-order valence-corrected chi connectivity index (χ3v) is 2.80. The number of anilines is 2. The van der Waals surface area contributed by atoms with Gasteiger partial charge in [-0.3, -0.25) is 5.32 Å². The molecule has 0 bridgehead atoms. The molecular formula is C16H26N2O4. The molecular weight excluding hydrogens is 284 g/mol. The van der Waals surface area contributed by atoms with E-state index < -0.39 is 11.7 Å². The number of carbonyl (C=O) groups is 1. The van der Waals surface area contributed by atoms with Gasteiger partial charge in [0.05, 0.1) is 6.04 Å². The summed E-state index contributed by atoms with van der Waals surface area (Å²) < 4.78 is 15.6. The Kier molecular flexibility index (Phi) is 6.64. The molecule has 1 aromatic carbocycles. The van der Waals surface area contributed by atoms with E-state index in [-0.39, 0.29) is 12.3 Å². The summed E-state index contributed by atoms with van der Waals surface area (Å²) >= 11 is 0. The molecule has 0 aromatic heterocycles. The number of carbonyl (C=O) groups excluding carboxylic acids is 1. The second-order valence-electron chi connectivity index (χ2n) is 5.98. The molecule has 0 fully saturated rings. The molecule has 0 saturated heterocycles. The van der Waals surface area contributed by atoms with Crippen molar-refractivity contribution in [2.24, 2.45) is 0 Å². The predicted molar refractivity (Wildman–Crippen MR) is 87.2 cm³/mol. The van der Waals surface area contributed by atoms with E-state index >= 15 is 0 Å². The Bertz CT molecular complexity index is 464. The van der Waals surface area contributed by atoms with Crippen LogP contribution in [0.1, 0.15) is 27.7 Å². The van der Waals surface area contributed by atoms with Crippen LogP contribution in [0.15, 0.2) is 24.3 Å². The third kappa shape index (κ3) is 6.32. The fraction of sp³-hybridized carbons (Fsp3) is 0.562. The number of nitrogens with one attached hydrogen (secondary N) is 2. The molecule has 0 aliphatic carbocycles. The molecule has 1 aromatic rings. The Hall–Kier alpha value is -1.79. The summed E-state index contributed by atoms with van der Waals surface area (Å²) in [5.74, 6) is 0. The highest BCUT2D eigenvalue weighted by atomic mass is 16.7. The van der Waals surface area contributed by atoms with Gasteiger partial charge in [-0.15, -0.1) is 0 Å². The van der Waals surface area contributed by atoms with E-state index in [0.717, 1.165) is 5.69 Å². The molecule has 6 heteroatoms. The molecule has 2 N–H and O–H groups in total. The van der Waals surface area contributed by atoms with Gasteiger partial charge in [-0.25, -0.2) is 4.79 Å². The summed E-state index contributed by atoms with van der Waals surface area (Å²) in [6.07, 6.45) is -0.806. The topological polar surface area (TPSA) is 68.8 Å². The van der Waals surface area contributed by atoms with Crippen LogP contribution < -0.4 is 10.6 Å². The number of benzene rings is 1. The van der Waals surface area contributed by atoms with Gasteiger partial charge in [0, 0.05) is 25.6 Å². The van der Waals surface area contributed by atoms with Gasteiger partial charge in [0.25, 0.3) is 0 Å². The highest BCUT2D eigenvalue weighted by Gasteiger charge is 2.17. The van der Waals surface area contributed by atoms with Crippen LogP contribution in [0.5, 0.6) is 0 Å². The minimum atomic E-state index is -0.518. The summed E-state index contributed by atoms with van der Waals surface area (Å²) in [5.41, 5.74) is 1.06. The zero-order valence-electron chi connectivity index (χ0n) is 14.1. The van der Waals surface area contributed by atoms with Gasteiger partial charge in [0.2, 0.25) is 0 Å². The van der Waals surface area contributed by atoms with Gasteiger partial charge in [0.1, 0.15) is 5.60 Å². The molecule has 0 aliphatic rings. The van der Waals surface area contributed by atoms with E-state index in [9.17, 15) is 4.79 Å². The van der Waals surface area contributed by atoms with E-state index in [1.807, 2.05) is 39.8 Å². The van der Waals surface area contributed by atoms with Crippen molar-refractivity contribution in [3.8, 4) is 0 Å². The van der Waals surface area contributed by atoms with Gasteiger partial charge in [-0.2, -0.15) is 0 Å². The van der Waals surface area contributed by atoms with Crippen molar-refractivity contribution in [2.75, 3.05) is 24.9 Å². The lowest BCUT2D eigenvalue weighted by atomic mass is 10.2. The highest BCUT2D eigenvalue weighted by Crippen LogP contribution is 2.17. The maximum absolute atomic E-state index is 11.7. The molecule has 0 heterocycles. The summed E-state index contributed by atoms with van der Waals surface area (Å²) in [7, 11) is 3.19. The summed E-state index contributed by atoms with van der Waals surface area (Å²) in [5, 5.41) is 5.95. The average Bonchev–Trinajstić information content (AvgIpc) is 2.40.